The normalized spacial score (nSPS) is 10.9. The highest BCUT2D eigenvalue weighted by molar-refractivity contribution is 5.78. The summed E-state index contributed by atoms with van der Waals surface area (Å²) in [5.74, 6) is 1.50. The van der Waals surface area contributed by atoms with E-state index in [1.54, 1.807) is 26.4 Å². The quantitative estimate of drug-likeness (QED) is 0.249. The molecule has 3 aromatic carbocycles. The van der Waals surface area contributed by atoms with Gasteiger partial charge in [-0.2, -0.15) is 5.10 Å². The number of carbonyl (C=O) groups is 1. The van der Waals surface area contributed by atoms with Crippen LogP contribution in [0.2, 0.25) is 0 Å². The molecule has 0 fully saturated rings. The van der Waals surface area contributed by atoms with Crippen molar-refractivity contribution in [3.8, 4) is 45.5 Å². The highest BCUT2D eigenvalue weighted by atomic mass is 16.5. The molecule has 0 spiro atoms. The molecule has 4 aromatic rings. The molecule has 0 bridgehead atoms. The Morgan fingerprint density at radius 2 is 1.68 bits per heavy atom. The van der Waals surface area contributed by atoms with Gasteiger partial charge >= 0.3 is 5.97 Å². The van der Waals surface area contributed by atoms with Gasteiger partial charge in [-0.1, -0.05) is 50.2 Å². The Morgan fingerprint density at radius 1 is 0.895 bits per heavy atom. The van der Waals surface area contributed by atoms with Crippen molar-refractivity contribution in [1.82, 2.24) is 9.78 Å². The fraction of sp³-hybridized carbons (Fsp3) is 0.267. The first-order chi connectivity index (χ1) is 18.4. The van der Waals surface area contributed by atoms with Crippen LogP contribution in [0.25, 0.3) is 22.5 Å². The Morgan fingerprint density at radius 3 is 2.37 bits per heavy atom. The molecule has 0 unspecified atom stereocenters. The molecule has 0 saturated heterocycles. The maximum atomic E-state index is 11.2. The van der Waals surface area contributed by atoms with E-state index in [1.807, 2.05) is 65.3 Å². The van der Waals surface area contributed by atoms with Gasteiger partial charge in [0.05, 0.1) is 25.6 Å². The van der Waals surface area contributed by atoms with E-state index in [9.17, 15) is 9.90 Å². The second-order valence-electron chi connectivity index (χ2n) is 9.15. The van der Waals surface area contributed by atoms with Crippen LogP contribution in [0.4, 0.5) is 0 Å². The van der Waals surface area contributed by atoms with Gasteiger partial charge in [0, 0.05) is 17.7 Å². The van der Waals surface area contributed by atoms with E-state index in [2.05, 4.69) is 13.8 Å². The van der Waals surface area contributed by atoms with E-state index in [0.717, 1.165) is 16.8 Å². The first-order valence-corrected chi connectivity index (χ1v) is 12.3. The minimum atomic E-state index is -1.06. The average Bonchev–Trinajstić information content (AvgIpc) is 3.33. The van der Waals surface area contributed by atoms with E-state index in [4.69, 9.17) is 24.0 Å². The number of nitrogens with zero attached hydrogens (tertiary/aromatic N) is 2. The van der Waals surface area contributed by atoms with Crippen molar-refractivity contribution in [3.05, 3.63) is 78.4 Å². The van der Waals surface area contributed by atoms with Crippen molar-refractivity contribution in [2.24, 2.45) is 5.92 Å². The number of para-hydroxylation sites is 1. The summed E-state index contributed by atoms with van der Waals surface area (Å²) >= 11 is 0. The van der Waals surface area contributed by atoms with Crippen LogP contribution < -0.4 is 18.9 Å². The highest BCUT2D eigenvalue weighted by Crippen LogP contribution is 2.41. The van der Waals surface area contributed by atoms with Gasteiger partial charge in [0.2, 0.25) is 0 Å². The molecule has 1 N–H and O–H groups in total. The third-order valence-electron chi connectivity index (χ3n) is 5.82. The monoisotopic (exact) mass is 516 g/mol. The van der Waals surface area contributed by atoms with Gasteiger partial charge in [0.15, 0.2) is 18.1 Å². The van der Waals surface area contributed by atoms with Crippen LogP contribution in [-0.4, -0.2) is 41.7 Å². The van der Waals surface area contributed by atoms with Crippen LogP contribution >= 0.6 is 0 Å². The SMILES string of the molecule is COc1cccc(-c2cc(-c3cc(OCc4ccccc4)ccc3OCC(=O)O)nn2CC(C)C)c1OC. The van der Waals surface area contributed by atoms with Gasteiger partial charge in [-0.3, -0.25) is 4.68 Å². The molecular formula is C30H32N2O6. The number of ether oxygens (including phenoxy) is 4. The lowest BCUT2D eigenvalue weighted by atomic mass is 10.1. The van der Waals surface area contributed by atoms with E-state index in [1.165, 1.54) is 0 Å². The van der Waals surface area contributed by atoms with Crippen LogP contribution in [0.5, 0.6) is 23.0 Å². The van der Waals surface area contributed by atoms with Gasteiger partial charge in [0.25, 0.3) is 0 Å². The molecule has 1 aromatic heterocycles. The third kappa shape index (κ3) is 6.26. The molecule has 8 heteroatoms. The molecule has 8 nitrogen and oxygen atoms in total. The van der Waals surface area contributed by atoms with Crippen LogP contribution in [0, 0.1) is 5.92 Å². The van der Waals surface area contributed by atoms with Gasteiger partial charge in [0.1, 0.15) is 18.1 Å². The highest BCUT2D eigenvalue weighted by Gasteiger charge is 2.21. The minimum Gasteiger partial charge on any atom is -0.493 e. The number of hydrogen-bond acceptors (Lipinski definition) is 6. The first kappa shape index (κ1) is 26.6. The number of hydrogen-bond donors (Lipinski definition) is 1. The Bertz CT molecular complexity index is 1380. The number of aromatic nitrogens is 2. The number of methoxy groups -OCH3 is 2. The summed E-state index contributed by atoms with van der Waals surface area (Å²) in [4.78, 5) is 11.2. The zero-order valence-electron chi connectivity index (χ0n) is 22.0. The van der Waals surface area contributed by atoms with Crippen molar-refractivity contribution < 1.29 is 28.8 Å². The molecule has 0 radical (unpaired) electrons. The summed E-state index contributed by atoms with van der Waals surface area (Å²) in [7, 11) is 3.21. The lowest BCUT2D eigenvalue weighted by Gasteiger charge is -2.14. The van der Waals surface area contributed by atoms with E-state index < -0.39 is 12.6 Å². The predicted molar refractivity (Wildman–Crippen MR) is 145 cm³/mol. The van der Waals surface area contributed by atoms with Crippen LogP contribution in [0.1, 0.15) is 19.4 Å². The number of aliphatic carboxylic acids is 1. The lowest BCUT2D eigenvalue weighted by molar-refractivity contribution is -0.139. The second-order valence-corrected chi connectivity index (χ2v) is 9.15. The Kier molecular flexibility index (Phi) is 8.53. The van der Waals surface area contributed by atoms with Crippen molar-refractivity contribution in [1.29, 1.82) is 0 Å². The standard InChI is InChI=1S/C30H32N2O6/c1-20(2)17-32-26(23-11-8-12-28(35-3)30(23)36-4)16-25(31-32)24-15-22(13-14-27(24)38-19-29(33)34)37-18-21-9-6-5-7-10-21/h5-16,20H,17-19H2,1-4H3,(H,33,34). The molecule has 38 heavy (non-hydrogen) atoms. The number of rotatable bonds is 12. The average molecular weight is 517 g/mol. The molecule has 0 saturated carbocycles. The van der Waals surface area contributed by atoms with Crippen LogP contribution in [0.15, 0.2) is 72.8 Å². The van der Waals surface area contributed by atoms with Crippen molar-refractivity contribution in [2.75, 3.05) is 20.8 Å². The summed E-state index contributed by atoms with van der Waals surface area (Å²) in [6.45, 7) is 4.82. The summed E-state index contributed by atoms with van der Waals surface area (Å²) in [5.41, 5.74) is 3.95. The van der Waals surface area contributed by atoms with Gasteiger partial charge in [-0.25, -0.2) is 4.79 Å². The Balaban J connectivity index is 1.79. The number of carboxylic acid groups (broad SMARTS) is 1. The molecule has 0 atom stereocenters. The van der Waals surface area contributed by atoms with Gasteiger partial charge in [-0.15, -0.1) is 0 Å². The topological polar surface area (TPSA) is 92.0 Å². The van der Waals surface area contributed by atoms with E-state index in [0.29, 0.717) is 53.3 Å². The summed E-state index contributed by atoms with van der Waals surface area (Å²) in [6, 6.07) is 22.8. The van der Waals surface area contributed by atoms with Gasteiger partial charge in [-0.05, 0) is 47.9 Å². The minimum absolute atomic E-state index is 0.321. The first-order valence-electron chi connectivity index (χ1n) is 12.3. The zero-order valence-corrected chi connectivity index (χ0v) is 22.0. The predicted octanol–water partition coefficient (Wildman–Crippen LogP) is 5.93. The Labute approximate surface area is 222 Å². The molecule has 4 rings (SSSR count). The molecule has 0 amide bonds. The largest absolute Gasteiger partial charge is 0.493 e. The molecule has 198 valence electrons. The van der Waals surface area contributed by atoms with Gasteiger partial charge < -0.3 is 24.1 Å². The fourth-order valence-electron chi connectivity index (χ4n) is 4.14. The molecule has 1 heterocycles. The maximum absolute atomic E-state index is 11.2. The van der Waals surface area contributed by atoms with Crippen molar-refractivity contribution in [3.63, 3.8) is 0 Å². The fourth-order valence-corrected chi connectivity index (χ4v) is 4.14. The smallest absolute Gasteiger partial charge is 0.341 e. The van der Waals surface area contributed by atoms with Crippen molar-refractivity contribution >= 4 is 5.97 Å². The molecule has 0 aliphatic heterocycles. The van der Waals surface area contributed by atoms with Crippen LogP contribution in [0.3, 0.4) is 0 Å². The molecule has 0 aliphatic rings. The van der Waals surface area contributed by atoms with E-state index in [-0.39, 0.29) is 0 Å². The lowest BCUT2D eigenvalue weighted by Crippen LogP contribution is -2.10. The molecular weight excluding hydrogens is 484 g/mol. The second kappa shape index (κ2) is 12.2. The zero-order chi connectivity index (χ0) is 27.1. The number of carboxylic acids is 1. The van der Waals surface area contributed by atoms with Crippen LogP contribution in [-0.2, 0) is 17.9 Å². The number of benzene rings is 3. The summed E-state index contributed by atoms with van der Waals surface area (Å²) in [5, 5.41) is 14.1. The maximum Gasteiger partial charge on any atom is 0.341 e. The van der Waals surface area contributed by atoms with Crippen molar-refractivity contribution in [2.45, 2.75) is 27.0 Å². The summed E-state index contributed by atoms with van der Waals surface area (Å²) < 4.78 is 24.8. The Hall–Kier alpha value is -4.46. The van der Waals surface area contributed by atoms with E-state index >= 15 is 0 Å². The third-order valence-corrected chi connectivity index (χ3v) is 5.82. The molecule has 0 aliphatic carbocycles. The summed E-state index contributed by atoms with van der Waals surface area (Å²) in [6.07, 6.45) is 0.